The Bertz CT molecular complexity index is 463. The number of rotatable bonds is 4. The van der Waals surface area contributed by atoms with Crippen LogP contribution in [0.5, 0.6) is 5.75 Å². The highest BCUT2D eigenvalue weighted by molar-refractivity contribution is 9.10. The molecule has 0 unspecified atom stereocenters. The smallest absolute Gasteiger partial charge is 0.119 e. The summed E-state index contributed by atoms with van der Waals surface area (Å²) in [5, 5.41) is 0.875. The Morgan fingerprint density at radius 2 is 1.41 bits per heavy atom. The third-order valence-corrected chi connectivity index (χ3v) is 3.57. The fraction of sp³-hybridized carbons (Fsp3) is 0.143. The standard InChI is InChI=1S/C14H12Br2O/c15-9-11-3-7-14(8-4-11)17-10-12-1-5-13(16)6-2-12/h1-8H,9-10H2. The SMILES string of the molecule is BrCc1ccc(OCc2ccc(Br)cc2)cc1. The molecule has 0 saturated heterocycles. The number of hydrogen-bond acceptors (Lipinski definition) is 1. The summed E-state index contributed by atoms with van der Waals surface area (Å²) < 4.78 is 6.79. The van der Waals surface area contributed by atoms with Crippen molar-refractivity contribution in [1.29, 1.82) is 0 Å². The predicted molar refractivity (Wildman–Crippen MR) is 77.5 cm³/mol. The Morgan fingerprint density at radius 1 is 0.824 bits per heavy atom. The summed E-state index contributed by atoms with van der Waals surface area (Å²) in [6, 6.07) is 16.3. The second-order valence-corrected chi connectivity index (χ2v) is 5.17. The van der Waals surface area contributed by atoms with Gasteiger partial charge in [-0.2, -0.15) is 0 Å². The van der Waals surface area contributed by atoms with Gasteiger partial charge in [0.25, 0.3) is 0 Å². The van der Waals surface area contributed by atoms with Crippen LogP contribution in [0.25, 0.3) is 0 Å². The van der Waals surface area contributed by atoms with E-state index in [2.05, 4.69) is 56.1 Å². The second-order valence-electron chi connectivity index (χ2n) is 3.69. The molecule has 88 valence electrons. The molecule has 3 heteroatoms. The van der Waals surface area contributed by atoms with E-state index in [0.717, 1.165) is 21.1 Å². The molecule has 0 aliphatic carbocycles. The zero-order valence-electron chi connectivity index (χ0n) is 9.20. The van der Waals surface area contributed by atoms with Crippen molar-refractivity contribution >= 4 is 31.9 Å². The van der Waals surface area contributed by atoms with Crippen molar-refractivity contribution in [3.05, 3.63) is 64.1 Å². The molecule has 0 radical (unpaired) electrons. The maximum absolute atomic E-state index is 5.70. The summed E-state index contributed by atoms with van der Waals surface area (Å²) in [5.74, 6) is 0.901. The van der Waals surface area contributed by atoms with E-state index >= 15 is 0 Å². The molecular weight excluding hydrogens is 344 g/mol. The average Bonchev–Trinajstić information content (AvgIpc) is 2.39. The van der Waals surface area contributed by atoms with Gasteiger partial charge in [0.1, 0.15) is 12.4 Å². The number of alkyl halides is 1. The Balaban J connectivity index is 1.95. The molecule has 1 nitrogen and oxygen atoms in total. The van der Waals surface area contributed by atoms with Crippen LogP contribution in [0, 0.1) is 0 Å². The minimum absolute atomic E-state index is 0.598. The molecule has 0 spiro atoms. The van der Waals surface area contributed by atoms with E-state index in [4.69, 9.17) is 4.74 Å². The summed E-state index contributed by atoms with van der Waals surface area (Å²) in [6.45, 7) is 0.598. The fourth-order valence-corrected chi connectivity index (χ4v) is 2.06. The third kappa shape index (κ3) is 3.86. The lowest BCUT2D eigenvalue weighted by atomic mass is 10.2. The van der Waals surface area contributed by atoms with Gasteiger partial charge in [0.2, 0.25) is 0 Å². The fourth-order valence-electron chi connectivity index (χ4n) is 1.42. The van der Waals surface area contributed by atoms with E-state index in [0.29, 0.717) is 6.61 Å². The minimum Gasteiger partial charge on any atom is -0.489 e. The van der Waals surface area contributed by atoms with Crippen LogP contribution < -0.4 is 4.74 Å². The molecule has 0 saturated carbocycles. The van der Waals surface area contributed by atoms with Gasteiger partial charge in [0.15, 0.2) is 0 Å². The molecule has 0 fully saturated rings. The second kappa shape index (κ2) is 6.22. The predicted octanol–water partition coefficient (Wildman–Crippen LogP) is 4.92. The summed E-state index contributed by atoms with van der Waals surface area (Å²) in [6.07, 6.45) is 0. The van der Waals surface area contributed by atoms with Gasteiger partial charge in [-0.25, -0.2) is 0 Å². The van der Waals surface area contributed by atoms with Crippen LogP contribution in [0.15, 0.2) is 53.0 Å². The lowest BCUT2D eigenvalue weighted by Gasteiger charge is -2.06. The first-order valence-corrected chi connectivity index (χ1v) is 7.21. The summed E-state index contributed by atoms with van der Waals surface area (Å²) in [7, 11) is 0. The van der Waals surface area contributed by atoms with Crippen molar-refractivity contribution < 1.29 is 4.74 Å². The Kier molecular flexibility index (Phi) is 4.63. The maximum Gasteiger partial charge on any atom is 0.119 e. The van der Waals surface area contributed by atoms with Crippen LogP contribution >= 0.6 is 31.9 Å². The zero-order valence-corrected chi connectivity index (χ0v) is 12.4. The molecule has 0 N–H and O–H groups in total. The monoisotopic (exact) mass is 354 g/mol. The quantitative estimate of drug-likeness (QED) is 0.707. The van der Waals surface area contributed by atoms with Gasteiger partial charge < -0.3 is 4.74 Å². The van der Waals surface area contributed by atoms with Gasteiger partial charge in [-0.15, -0.1) is 0 Å². The zero-order chi connectivity index (χ0) is 12.1. The average molecular weight is 356 g/mol. The first-order valence-electron chi connectivity index (χ1n) is 5.30. The van der Waals surface area contributed by atoms with Gasteiger partial charge in [-0.3, -0.25) is 0 Å². The summed E-state index contributed by atoms with van der Waals surface area (Å²) in [4.78, 5) is 0. The lowest BCUT2D eigenvalue weighted by molar-refractivity contribution is 0.306. The first-order chi connectivity index (χ1) is 8.28. The van der Waals surface area contributed by atoms with Crippen molar-refractivity contribution in [3.63, 3.8) is 0 Å². The van der Waals surface area contributed by atoms with Gasteiger partial charge in [0.05, 0.1) is 0 Å². The molecule has 0 aromatic heterocycles. The highest BCUT2D eigenvalue weighted by atomic mass is 79.9. The van der Waals surface area contributed by atoms with E-state index in [1.54, 1.807) is 0 Å². The summed E-state index contributed by atoms with van der Waals surface area (Å²) >= 11 is 6.83. The molecule has 2 aromatic carbocycles. The molecular formula is C14H12Br2O. The maximum atomic E-state index is 5.70. The topological polar surface area (TPSA) is 9.23 Å². The Morgan fingerprint density at radius 3 is 2.00 bits per heavy atom. The first kappa shape index (κ1) is 12.7. The van der Waals surface area contributed by atoms with Crippen LogP contribution in [0.4, 0.5) is 0 Å². The van der Waals surface area contributed by atoms with E-state index < -0.39 is 0 Å². The van der Waals surface area contributed by atoms with Crippen LogP contribution in [-0.2, 0) is 11.9 Å². The lowest BCUT2D eigenvalue weighted by Crippen LogP contribution is -1.95. The van der Waals surface area contributed by atoms with E-state index in [1.165, 1.54) is 5.56 Å². The molecule has 0 aliphatic rings. The van der Waals surface area contributed by atoms with Gasteiger partial charge in [-0.05, 0) is 35.4 Å². The van der Waals surface area contributed by atoms with Gasteiger partial charge in [-0.1, -0.05) is 56.1 Å². The molecule has 2 rings (SSSR count). The molecule has 0 bridgehead atoms. The summed E-state index contributed by atoms with van der Waals surface area (Å²) in [5.41, 5.74) is 2.42. The van der Waals surface area contributed by atoms with E-state index in [-0.39, 0.29) is 0 Å². The third-order valence-electron chi connectivity index (χ3n) is 2.40. The van der Waals surface area contributed by atoms with E-state index in [9.17, 15) is 0 Å². The van der Waals surface area contributed by atoms with Crippen molar-refractivity contribution in [1.82, 2.24) is 0 Å². The molecule has 2 aromatic rings. The van der Waals surface area contributed by atoms with E-state index in [1.807, 2.05) is 24.3 Å². The van der Waals surface area contributed by atoms with Crippen LogP contribution in [0.1, 0.15) is 11.1 Å². The Hall–Kier alpha value is -0.800. The van der Waals surface area contributed by atoms with Crippen molar-refractivity contribution in [2.75, 3.05) is 0 Å². The van der Waals surface area contributed by atoms with Gasteiger partial charge >= 0.3 is 0 Å². The number of hydrogen-bond donors (Lipinski definition) is 0. The van der Waals surface area contributed by atoms with Crippen molar-refractivity contribution in [2.24, 2.45) is 0 Å². The normalized spacial score (nSPS) is 10.2. The largest absolute Gasteiger partial charge is 0.489 e. The number of halogens is 2. The highest BCUT2D eigenvalue weighted by Gasteiger charge is 1.96. The number of benzene rings is 2. The molecule has 0 aliphatic heterocycles. The van der Waals surface area contributed by atoms with Crippen molar-refractivity contribution in [2.45, 2.75) is 11.9 Å². The van der Waals surface area contributed by atoms with Crippen molar-refractivity contribution in [3.8, 4) is 5.75 Å². The van der Waals surface area contributed by atoms with Crippen LogP contribution in [0.3, 0.4) is 0 Å². The number of ether oxygens (including phenoxy) is 1. The minimum atomic E-state index is 0.598. The molecule has 0 atom stereocenters. The van der Waals surface area contributed by atoms with Gasteiger partial charge in [0, 0.05) is 9.80 Å². The Labute approximate surface area is 118 Å². The van der Waals surface area contributed by atoms with Crippen LogP contribution in [-0.4, -0.2) is 0 Å². The molecule has 0 amide bonds. The highest BCUT2D eigenvalue weighted by Crippen LogP contribution is 2.16. The molecule has 0 heterocycles. The van der Waals surface area contributed by atoms with Crippen LogP contribution in [0.2, 0.25) is 0 Å². The molecule has 17 heavy (non-hydrogen) atoms.